The Balaban J connectivity index is 2.32. The predicted molar refractivity (Wildman–Crippen MR) is 71.9 cm³/mol. The molecule has 2 aromatic rings. The van der Waals surface area contributed by atoms with Crippen molar-refractivity contribution in [1.82, 2.24) is 14.8 Å². The van der Waals surface area contributed by atoms with Crippen molar-refractivity contribution in [3.63, 3.8) is 0 Å². The van der Waals surface area contributed by atoms with Gasteiger partial charge in [-0.15, -0.1) is 0 Å². The fraction of sp³-hybridized carbons (Fsp3) is 0.273. The van der Waals surface area contributed by atoms with Crippen LogP contribution in [-0.4, -0.2) is 14.8 Å². The number of nitrogens with zero attached hydrogens (tertiary/aromatic N) is 3. The summed E-state index contributed by atoms with van der Waals surface area (Å²) in [6.07, 6.45) is 1.79. The van der Waals surface area contributed by atoms with Crippen LogP contribution in [-0.2, 0) is 13.6 Å². The van der Waals surface area contributed by atoms with Gasteiger partial charge in [0.15, 0.2) is 0 Å². The molecule has 90 valence electrons. The molecular formula is C11H13BrN4S. The van der Waals surface area contributed by atoms with E-state index in [0.29, 0.717) is 6.54 Å². The lowest BCUT2D eigenvalue weighted by Gasteiger charge is -2.04. The van der Waals surface area contributed by atoms with Gasteiger partial charge in [0, 0.05) is 29.8 Å². The second-order valence-electron chi connectivity index (χ2n) is 3.61. The SMILES string of the molecule is Cc1nn(C)c(Sc2ccc(Br)cn2)c1CN. The van der Waals surface area contributed by atoms with Gasteiger partial charge >= 0.3 is 0 Å². The minimum Gasteiger partial charge on any atom is -0.326 e. The number of hydrogen-bond donors (Lipinski definition) is 1. The highest BCUT2D eigenvalue weighted by atomic mass is 79.9. The Morgan fingerprint density at radius 1 is 1.47 bits per heavy atom. The summed E-state index contributed by atoms with van der Waals surface area (Å²) < 4.78 is 2.83. The van der Waals surface area contributed by atoms with Crippen molar-refractivity contribution >= 4 is 27.7 Å². The van der Waals surface area contributed by atoms with Crippen molar-refractivity contribution in [1.29, 1.82) is 0 Å². The van der Waals surface area contributed by atoms with E-state index in [2.05, 4.69) is 26.0 Å². The normalized spacial score (nSPS) is 10.8. The van der Waals surface area contributed by atoms with E-state index in [4.69, 9.17) is 5.73 Å². The zero-order chi connectivity index (χ0) is 12.4. The van der Waals surface area contributed by atoms with Crippen LogP contribution >= 0.6 is 27.7 Å². The smallest absolute Gasteiger partial charge is 0.105 e. The number of halogens is 1. The molecular weight excluding hydrogens is 300 g/mol. The molecule has 2 rings (SSSR count). The van der Waals surface area contributed by atoms with Gasteiger partial charge in [-0.3, -0.25) is 4.68 Å². The highest BCUT2D eigenvalue weighted by Crippen LogP contribution is 2.30. The summed E-state index contributed by atoms with van der Waals surface area (Å²) in [5.41, 5.74) is 7.81. The van der Waals surface area contributed by atoms with Crippen LogP contribution in [0.15, 0.2) is 32.9 Å². The standard InChI is InChI=1S/C11H13BrN4S/c1-7-9(5-13)11(16(2)15-7)17-10-4-3-8(12)6-14-10/h3-4,6H,5,13H2,1-2H3. The van der Waals surface area contributed by atoms with Gasteiger partial charge in [-0.05, 0) is 35.0 Å². The van der Waals surface area contributed by atoms with Gasteiger partial charge in [-0.25, -0.2) is 4.98 Å². The molecule has 0 saturated carbocycles. The van der Waals surface area contributed by atoms with E-state index in [0.717, 1.165) is 25.8 Å². The molecule has 0 unspecified atom stereocenters. The minimum atomic E-state index is 0.499. The molecule has 0 atom stereocenters. The molecule has 0 aliphatic rings. The molecule has 0 aliphatic carbocycles. The fourth-order valence-electron chi connectivity index (χ4n) is 1.57. The van der Waals surface area contributed by atoms with Crippen LogP contribution in [0.2, 0.25) is 0 Å². The molecule has 2 heterocycles. The van der Waals surface area contributed by atoms with E-state index in [1.165, 1.54) is 0 Å². The van der Waals surface area contributed by atoms with E-state index >= 15 is 0 Å². The van der Waals surface area contributed by atoms with E-state index < -0.39 is 0 Å². The molecule has 0 amide bonds. The third kappa shape index (κ3) is 2.70. The maximum absolute atomic E-state index is 5.75. The number of aryl methyl sites for hydroxylation is 2. The third-order valence-corrected chi connectivity index (χ3v) is 4.02. The predicted octanol–water partition coefficient (Wildman–Crippen LogP) is 2.50. The number of aromatic nitrogens is 3. The zero-order valence-corrected chi connectivity index (χ0v) is 12.0. The monoisotopic (exact) mass is 312 g/mol. The van der Waals surface area contributed by atoms with Crippen molar-refractivity contribution in [3.8, 4) is 0 Å². The Kier molecular flexibility index (Phi) is 3.86. The quantitative estimate of drug-likeness (QED) is 0.946. The van der Waals surface area contributed by atoms with Crippen LogP contribution in [0.25, 0.3) is 0 Å². The van der Waals surface area contributed by atoms with Crippen LogP contribution in [0, 0.1) is 6.92 Å². The summed E-state index contributed by atoms with van der Waals surface area (Å²) in [5, 5.41) is 6.37. The summed E-state index contributed by atoms with van der Waals surface area (Å²) in [6.45, 7) is 2.47. The Morgan fingerprint density at radius 2 is 2.24 bits per heavy atom. The first-order valence-electron chi connectivity index (χ1n) is 5.13. The first kappa shape index (κ1) is 12.6. The topological polar surface area (TPSA) is 56.7 Å². The fourth-order valence-corrected chi connectivity index (χ4v) is 2.77. The van der Waals surface area contributed by atoms with E-state index in [9.17, 15) is 0 Å². The molecule has 0 radical (unpaired) electrons. The summed E-state index contributed by atoms with van der Waals surface area (Å²) in [5.74, 6) is 0. The van der Waals surface area contributed by atoms with Crippen molar-refractivity contribution in [2.45, 2.75) is 23.5 Å². The van der Waals surface area contributed by atoms with Crippen LogP contribution in [0.4, 0.5) is 0 Å². The molecule has 2 aromatic heterocycles. The van der Waals surface area contributed by atoms with Gasteiger partial charge in [0.05, 0.1) is 5.69 Å². The lowest BCUT2D eigenvalue weighted by atomic mass is 10.3. The number of nitrogens with two attached hydrogens (primary N) is 1. The molecule has 0 fully saturated rings. The highest BCUT2D eigenvalue weighted by molar-refractivity contribution is 9.10. The van der Waals surface area contributed by atoms with E-state index in [1.54, 1.807) is 18.0 Å². The molecule has 2 N–H and O–H groups in total. The first-order chi connectivity index (χ1) is 8.11. The Morgan fingerprint density at radius 3 is 2.82 bits per heavy atom. The van der Waals surface area contributed by atoms with Gasteiger partial charge in [-0.2, -0.15) is 5.10 Å². The summed E-state index contributed by atoms with van der Waals surface area (Å²) in [4.78, 5) is 4.33. The van der Waals surface area contributed by atoms with Crippen LogP contribution in [0.5, 0.6) is 0 Å². The molecule has 4 nitrogen and oxygen atoms in total. The summed E-state index contributed by atoms with van der Waals surface area (Å²) in [7, 11) is 1.92. The summed E-state index contributed by atoms with van der Waals surface area (Å²) >= 11 is 4.95. The first-order valence-corrected chi connectivity index (χ1v) is 6.74. The van der Waals surface area contributed by atoms with Gasteiger partial charge in [0.25, 0.3) is 0 Å². The summed E-state index contributed by atoms with van der Waals surface area (Å²) in [6, 6.07) is 3.94. The van der Waals surface area contributed by atoms with E-state index in [-0.39, 0.29) is 0 Å². The van der Waals surface area contributed by atoms with Gasteiger partial charge < -0.3 is 5.73 Å². The molecule has 0 bridgehead atoms. The van der Waals surface area contributed by atoms with Crippen molar-refractivity contribution in [2.24, 2.45) is 12.8 Å². The molecule has 6 heteroatoms. The maximum atomic E-state index is 5.75. The second-order valence-corrected chi connectivity index (χ2v) is 5.54. The van der Waals surface area contributed by atoms with Crippen LogP contribution < -0.4 is 5.73 Å². The third-order valence-electron chi connectivity index (χ3n) is 2.39. The number of hydrogen-bond acceptors (Lipinski definition) is 4. The molecule has 0 saturated heterocycles. The lowest BCUT2D eigenvalue weighted by Crippen LogP contribution is -1.99. The van der Waals surface area contributed by atoms with E-state index in [1.807, 2.05) is 30.8 Å². The molecule has 0 aromatic carbocycles. The van der Waals surface area contributed by atoms with Gasteiger partial charge in [-0.1, -0.05) is 11.8 Å². The second kappa shape index (κ2) is 5.20. The minimum absolute atomic E-state index is 0.499. The van der Waals surface area contributed by atoms with Gasteiger partial charge in [0.2, 0.25) is 0 Å². The van der Waals surface area contributed by atoms with Crippen molar-refractivity contribution in [3.05, 3.63) is 34.1 Å². The number of pyridine rings is 1. The number of rotatable bonds is 3. The maximum Gasteiger partial charge on any atom is 0.105 e. The Bertz CT molecular complexity index is 521. The largest absolute Gasteiger partial charge is 0.326 e. The average molecular weight is 313 g/mol. The molecule has 0 spiro atoms. The molecule has 0 aliphatic heterocycles. The van der Waals surface area contributed by atoms with Crippen LogP contribution in [0.3, 0.4) is 0 Å². The zero-order valence-electron chi connectivity index (χ0n) is 9.64. The van der Waals surface area contributed by atoms with Crippen molar-refractivity contribution < 1.29 is 0 Å². The Labute approximate surface area is 113 Å². The van der Waals surface area contributed by atoms with Crippen molar-refractivity contribution in [2.75, 3.05) is 0 Å². The highest BCUT2D eigenvalue weighted by Gasteiger charge is 2.13. The molecule has 17 heavy (non-hydrogen) atoms. The Hall–Kier alpha value is -0.850. The average Bonchev–Trinajstić information content (AvgIpc) is 2.57. The van der Waals surface area contributed by atoms with Gasteiger partial charge in [0.1, 0.15) is 10.1 Å². The lowest BCUT2D eigenvalue weighted by molar-refractivity contribution is 0.688. The van der Waals surface area contributed by atoms with Crippen LogP contribution in [0.1, 0.15) is 11.3 Å².